The van der Waals surface area contributed by atoms with Gasteiger partial charge in [-0.3, -0.25) is 0 Å². The zero-order chi connectivity index (χ0) is 14.7. The Balaban J connectivity index is 1.91. The summed E-state index contributed by atoms with van der Waals surface area (Å²) in [5.41, 5.74) is 3.10. The van der Waals surface area contributed by atoms with E-state index >= 15 is 0 Å². The average Bonchev–Trinajstić information content (AvgIpc) is 2.55. The van der Waals surface area contributed by atoms with Crippen LogP contribution in [0.2, 0.25) is 0 Å². The molecule has 0 aromatic heterocycles. The molecule has 2 aromatic rings. The molecule has 2 nitrogen and oxygen atoms in total. The first-order valence-electron chi connectivity index (χ1n) is 6.31. The molecule has 0 amide bonds. The van der Waals surface area contributed by atoms with Gasteiger partial charge in [-0.05, 0) is 17.7 Å². The molecule has 0 fully saturated rings. The highest BCUT2D eigenvalue weighted by Gasteiger charge is 2.20. The van der Waals surface area contributed by atoms with E-state index in [1.807, 2.05) is 42.5 Å². The fourth-order valence-corrected chi connectivity index (χ4v) is 5.19. The monoisotopic (exact) mass is 348 g/mol. The van der Waals surface area contributed by atoms with Crippen molar-refractivity contribution in [3.8, 4) is 0 Å². The number of hydrogen-bond acceptors (Lipinski definition) is 4. The molecule has 2 aromatic carbocycles. The van der Waals surface area contributed by atoms with Gasteiger partial charge in [0, 0.05) is 0 Å². The highest BCUT2D eigenvalue weighted by molar-refractivity contribution is 8.36. The molecule has 1 aliphatic heterocycles. The lowest BCUT2D eigenvalue weighted by Crippen LogP contribution is -2.07. The van der Waals surface area contributed by atoms with E-state index in [1.165, 1.54) is 5.56 Å². The fraction of sp³-hybridized carbons (Fsp3) is 0.0667. The minimum atomic E-state index is 0.139. The summed E-state index contributed by atoms with van der Waals surface area (Å²) in [4.78, 5) is 0. The van der Waals surface area contributed by atoms with Crippen molar-refractivity contribution >= 4 is 68.0 Å². The number of fused-ring (bicyclic) bond motifs is 1. The van der Waals surface area contributed by atoms with Crippen LogP contribution in [-0.4, -0.2) is 8.64 Å². The summed E-state index contributed by atoms with van der Waals surface area (Å²) in [7, 11) is 0. The average molecular weight is 349 g/mol. The molecule has 0 saturated carbocycles. The van der Waals surface area contributed by atoms with Gasteiger partial charge in [0.15, 0.2) is 0 Å². The third-order valence-electron chi connectivity index (χ3n) is 2.90. The van der Waals surface area contributed by atoms with E-state index in [2.05, 4.69) is 22.8 Å². The van der Waals surface area contributed by atoms with Crippen LogP contribution in [0.15, 0.2) is 54.6 Å². The molecule has 0 bridgehead atoms. The highest BCUT2D eigenvalue weighted by Crippen LogP contribution is 2.43. The molecule has 0 atom stereocenters. The quantitative estimate of drug-likeness (QED) is 0.682. The first-order chi connectivity index (χ1) is 10.2. The summed E-state index contributed by atoms with van der Waals surface area (Å²) in [6.45, 7) is 0. The topological polar surface area (TPSA) is 24.1 Å². The zero-order valence-electron chi connectivity index (χ0n) is 10.9. The van der Waals surface area contributed by atoms with E-state index in [4.69, 9.17) is 24.4 Å². The van der Waals surface area contributed by atoms with E-state index in [-0.39, 0.29) is 4.58 Å². The van der Waals surface area contributed by atoms with E-state index in [1.54, 1.807) is 23.5 Å². The van der Waals surface area contributed by atoms with Crippen LogP contribution >= 0.6 is 48.0 Å². The van der Waals surface area contributed by atoms with Crippen LogP contribution in [0, 0.1) is 0 Å². The number of benzene rings is 2. The lowest BCUT2D eigenvalue weighted by Gasteiger charge is -2.15. The third kappa shape index (κ3) is 3.77. The molecule has 0 saturated heterocycles. The van der Waals surface area contributed by atoms with Crippen molar-refractivity contribution in [3.05, 3.63) is 60.2 Å². The van der Waals surface area contributed by atoms with Crippen LogP contribution in [0.3, 0.4) is 0 Å². The summed E-state index contributed by atoms with van der Waals surface area (Å²) in [5, 5.41) is 6.56. The summed E-state index contributed by atoms with van der Waals surface area (Å²) in [5.74, 6) is 0. The van der Waals surface area contributed by atoms with Gasteiger partial charge in [0.2, 0.25) is 0 Å². The van der Waals surface area contributed by atoms with Gasteiger partial charge in [-0.2, -0.15) is 0 Å². The fourth-order valence-electron chi connectivity index (χ4n) is 1.94. The molecular weight excluding hydrogens is 336 g/mol. The predicted molar refractivity (Wildman–Crippen MR) is 103 cm³/mol. The number of hydrogen-bond donors (Lipinski definition) is 2. The summed E-state index contributed by atoms with van der Waals surface area (Å²) >= 11 is 14.2. The van der Waals surface area contributed by atoms with Crippen molar-refractivity contribution in [2.75, 3.05) is 10.6 Å². The molecule has 106 valence electrons. The van der Waals surface area contributed by atoms with Crippen LogP contribution in [0.25, 0.3) is 0 Å². The Labute approximate surface area is 143 Å². The number of thiocarbonyl (C=S) groups is 2. The Morgan fingerprint density at radius 1 is 0.714 bits per heavy atom. The van der Waals surface area contributed by atoms with Gasteiger partial charge in [0.05, 0.1) is 16.0 Å². The van der Waals surface area contributed by atoms with Gasteiger partial charge < -0.3 is 10.6 Å². The molecule has 0 aliphatic carbocycles. The predicted octanol–water partition coefficient (Wildman–Crippen LogP) is 5.26. The smallest absolute Gasteiger partial charge is 0.139 e. The van der Waals surface area contributed by atoms with Crippen LogP contribution in [0.4, 0.5) is 11.4 Å². The summed E-state index contributed by atoms with van der Waals surface area (Å²) in [6.07, 6.45) is 0. The lowest BCUT2D eigenvalue weighted by atomic mass is 10.2. The lowest BCUT2D eigenvalue weighted by molar-refractivity contribution is 1.40. The van der Waals surface area contributed by atoms with Gasteiger partial charge in [-0.1, -0.05) is 90.4 Å². The zero-order valence-corrected chi connectivity index (χ0v) is 14.2. The highest BCUT2D eigenvalue weighted by atomic mass is 32.2. The van der Waals surface area contributed by atoms with Crippen molar-refractivity contribution in [2.24, 2.45) is 0 Å². The van der Waals surface area contributed by atoms with Crippen molar-refractivity contribution < 1.29 is 0 Å². The molecule has 3 rings (SSSR count). The molecule has 1 heterocycles. The van der Waals surface area contributed by atoms with E-state index < -0.39 is 0 Å². The number of para-hydroxylation sites is 2. The van der Waals surface area contributed by atoms with Crippen LogP contribution in [0.1, 0.15) is 10.1 Å². The van der Waals surface area contributed by atoms with E-state index in [9.17, 15) is 0 Å². The molecule has 21 heavy (non-hydrogen) atoms. The SMILES string of the molecule is S=C1Nc2ccccc2NC(=S)SC(c2ccccc2)S1. The maximum Gasteiger partial charge on any atom is 0.139 e. The standard InChI is InChI=1S/C15H12N2S4/c18-14-16-11-8-4-5-9-12(11)17-15(19)21-13(20-14)10-6-2-1-3-7-10/h1-9,13H,(H,16,18)(H,17,19). The minimum absolute atomic E-state index is 0.139. The van der Waals surface area contributed by atoms with Crippen molar-refractivity contribution in [1.82, 2.24) is 0 Å². The second kappa shape index (κ2) is 6.79. The van der Waals surface area contributed by atoms with Gasteiger partial charge in [0.25, 0.3) is 0 Å². The van der Waals surface area contributed by atoms with Gasteiger partial charge in [-0.15, -0.1) is 0 Å². The number of anilines is 2. The second-order valence-corrected chi connectivity index (χ2v) is 8.21. The molecule has 0 radical (unpaired) electrons. The first-order valence-corrected chi connectivity index (χ1v) is 8.89. The summed E-state index contributed by atoms with van der Waals surface area (Å²) < 4.78 is 1.63. The summed E-state index contributed by atoms with van der Waals surface area (Å²) in [6, 6.07) is 18.2. The maximum absolute atomic E-state index is 5.47. The molecular formula is C15H12N2S4. The maximum atomic E-state index is 5.47. The Morgan fingerprint density at radius 3 is 1.71 bits per heavy atom. The van der Waals surface area contributed by atoms with E-state index in [0.29, 0.717) is 0 Å². The van der Waals surface area contributed by atoms with Crippen LogP contribution < -0.4 is 10.6 Å². The molecule has 1 aliphatic rings. The van der Waals surface area contributed by atoms with Crippen molar-refractivity contribution in [2.45, 2.75) is 4.58 Å². The van der Waals surface area contributed by atoms with E-state index in [0.717, 1.165) is 20.0 Å². The second-order valence-electron chi connectivity index (χ2n) is 4.35. The molecule has 2 N–H and O–H groups in total. The van der Waals surface area contributed by atoms with Crippen molar-refractivity contribution in [1.29, 1.82) is 0 Å². The number of thioether (sulfide) groups is 2. The molecule has 0 spiro atoms. The number of nitrogens with one attached hydrogen (secondary N) is 2. The van der Waals surface area contributed by atoms with Crippen LogP contribution in [0.5, 0.6) is 0 Å². The molecule has 0 unspecified atom stereocenters. The Hall–Kier alpha value is -1.08. The van der Waals surface area contributed by atoms with Gasteiger partial charge in [0.1, 0.15) is 8.64 Å². The van der Waals surface area contributed by atoms with Gasteiger partial charge >= 0.3 is 0 Å². The first kappa shape index (κ1) is 14.8. The molecule has 6 heteroatoms. The van der Waals surface area contributed by atoms with Gasteiger partial charge in [-0.25, -0.2) is 0 Å². The largest absolute Gasteiger partial charge is 0.339 e. The Bertz CT molecular complexity index is 633. The minimum Gasteiger partial charge on any atom is -0.339 e. The van der Waals surface area contributed by atoms with Crippen LogP contribution in [-0.2, 0) is 0 Å². The Kier molecular flexibility index (Phi) is 4.80. The Morgan fingerprint density at radius 2 is 1.19 bits per heavy atom. The van der Waals surface area contributed by atoms with Crippen molar-refractivity contribution in [3.63, 3.8) is 0 Å². The normalized spacial score (nSPS) is 16.0. The number of rotatable bonds is 1. The third-order valence-corrected chi connectivity index (χ3v) is 5.86.